The number of aromatic hydroxyl groups is 1. The number of aromatic nitrogens is 2. The highest BCUT2D eigenvalue weighted by Gasteiger charge is 2.33. The van der Waals surface area contributed by atoms with Gasteiger partial charge in [0.15, 0.2) is 5.69 Å². The van der Waals surface area contributed by atoms with E-state index in [0.29, 0.717) is 11.3 Å². The molecule has 0 spiro atoms. The fourth-order valence-electron chi connectivity index (χ4n) is 1.89. The average molecular weight is 356 g/mol. The number of methoxy groups -OCH3 is 1. The van der Waals surface area contributed by atoms with Gasteiger partial charge in [-0.1, -0.05) is 6.58 Å². The van der Waals surface area contributed by atoms with Crippen molar-refractivity contribution in [2.45, 2.75) is 12.7 Å². The van der Waals surface area contributed by atoms with Crippen molar-refractivity contribution in [2.24, 2.45) is 0 Å². The van der Waals surface area contributed by atoms with Crippen LogP contribution in [0, 0.1) is 0 Å². The van der Waals surface area contributed by atoms with Crippen molar-refractivity contribution in [3.05, 3.63) is 48.3 Å². The molecule has 0 unspecified atom stereocenters. The highest BCUT2D eigenvalue weighted by molar-refractivity contribution is 5.77. The SMILES string of the molecule is C=C(NNC(=O)Cn1ccc(C(F)(F)F)n1)c1ccc(OC)cc1O. The number of hydrogen-bond donors (Lipinski definition) is 3. The minimum Gasteiger partial charge on any atom is -0.507 e. The van der Waals surface area contributed by atoms with Crippen LogP contribution >= 0.6 is 0 Å². The average Bonchev–Trinajstić information content (AvgIpc) is 3.01. The molecule has 0 bridgehead atoms. The lowest BCUT2D eigenvalue weighted by molar-refractivity contribution is -0.141. The van der Waals surface area contributed by atoms with Gasteiger partial charge < -0.3 is 9.84 Å². The second-order valence-electron chi connectivity index (χ2n) is 4.93. The topological polar surface area (TPSA) is 88.4 Å². The molecule has 134 valence electrons. The van der Waals surface area contributed by atoms with Gasteiger partial charge in [0.05, 0.1) is 12.8 Å². The highest BCUT2D eigenvalue weighted by Crippen LogP contribution is 2.27. The van der Waals surface area contributed by atoms with Crippen molar-refractivity contribution in [3.8, 4) is 11.5 Å². The molecule has 25 heavy (non-hydrogen) atoms. The van der Waals surface area contributed by atoms with Gasteiger partial charge in [-0.15, -0.1) is 0 Å². The van der Waals surface area contributed by atoms with E-state index in [2.05, 4.69) is 22.5 Å². The first-order valence-corrected chi connectivity index (χ1v) is 6.92. The number of benzene rings is 1. The van der Waals surface area contributed by atoms with Gasteiger partial charge in [0.2, 0.25) is 0 Å². The number of nitrogens with one attached hydrogen (secondary N) is 2. The van der Waals surface area contributed by atoms with Crippen molar-refractivity contribution in [2.75, 3.05) is 7.11 Å². The van der Waals surface area contributed by atoms with Crippen LogP contribution in [-0.4, -0.2) is 27.9 Å². The summed E-state index contributed by atoms with van der Waals surface area (Å²) >= 11 is 0. The molecular formula is C15H15F3N4O3. The number of hydrazine groups is 1. The van der Waals surface area contributed by atoms with E-state index in [9.17, 15) is 23.1 Å². The first-order chi connectivity index (χ1) is 11.7. The first kappa shape index (κ1) is 18.2. The third-order valence-electron chi connectivity index (χ3n) is 3.12. The number of phenols is 1. The number of carbonyl (C=O) groups is 1. The van der Waals surface area contributed by atoms with E-state index in [1.807, 2.05) is 0 Å². The zero-order valence-electron chi connectivity index (χ0n) is 13.1. The Morgan fingerprint density at radius 1 is 1.36 bits per heavy atom. The van der Waals surface area contributed by atoms with Gasteiger partial charge in [-0.2, -0.15) is 18.3 Å². The van der Waals surface area contributed by atoms with Gasteiger partial charge in [0, 0.05) is 17.8 Å². The van der Waals surface area contributed by atoms with Crippen LogP contribution < -0.4 is 15.6 Å². The van der Waals surface area contributed by atoms with Gasteiger partial charge in [-0.25, -0.2) is 0 Å². The Hall–Kier alpha value is -3.17. The molecule has 1 aromatic carbocycles. The number of alkyl halides is 3. The summed E-state index contributed by atoms with van der Waals surface area (Å²) in [6.45, 7) is 3.23. The van der Waals surface area contributed by atoms with E-state index in [-0.39, 0.29) is 11.4 Å². The summed E-state index contributed by atoms with van der Waals surface area (Å²) in [4.78, 5) is 11.8. The predicted octanol–water partition coefficient (Wildman–Crippen LogP) is 1.91. The first-order valence-electron chi connectivity index (χ1n) is 6.92. The van der Waals surface area contributed by atoms with Crippen molar-refractivity contribution < 1.29 is 27.8 Å². The molecule has 0 atom stereocenters. The van der Waals surface area contributed by atoms with Crippen LogP contribution in [0.4, 0.5) is 13.2 Å². The molecule has 0 aliphatic heterocycles. The van der Waals surface area contributed by atoms with Crippen LogP contribution in [0.15, 0.2) is 37.0 Å². The van der Waals surface area contributed by atoms with Crippen LogP contribution in [0.25, 0.3) is 5.70 Å². The Balaban J connectivity index is 1.91. The molecule has 0 aliphatic carbocycles. The van der Waals surface area contributed by atoms with Crippen molar-refractivity contribution in [1.29, 1.82) is 0 Å². The second-order valence-corrected chi connectivity index (χ2v) is 4.93. The van der Waals surface area contributed by atoms with Gasteiger partial charge in [0.1, 0.15) is 18.0 Å². The maximum absolute atomic E-state index is 12.4. The highest BCUT2D eigenvalue weighted by atomic mass is 19.4. The zero-order valence-corrected chi connectivity index (χ0v) is 13.1. The van der Waals surface area contributed by atoms with Crippen LogP contribution in [0.2, 0.25) is 0 Å². The molecule has 2 aromatic rings. The summed E-state index contributed by atoms with van der Waals surface area (Å²) in [5, 5.41) is 13.1. The maximum atomic E-state index is 12.4. The number of hydrogen-bond acceptors (Lipinski definition) is 5. The Kier molecular flexibility index (Phi) is 5.20. The van der Waals surface area contributed by atoms with E-state index in [4.69, 9.17) is 4.74 Å². The Labute approximate surface area is 140 Å². The summed E-state index contributed by atoms with van der Waals surface area (Å²) in [6.07, 6.45) is -3.52. The minimum atomic E-state index is -4.57. The van der Waals surface area contributed by atoms with E-state index in [1.165, 1.54) is 19.2 Å². The molecule has 3 N–H and O–H groups in total. The third kappa shape index (κ3) is 4.66. The van der Waals surface area contributed by atoms with E-state index in [1.54, 1.807) is 6.07 Å². The van der Waals surface area contributed by atoms with Crippen LogP contribution in [0.1, 0.15) is 11.3 Å². The molecule has 1 amide bonds. The lowest BCUT2D eigenvalue weighted by Gasteiger charge is -2.13. The summed E-state index contributed by atoms with van der Waals surface area (Å²) < 4.78 is 43.1. The molecular weight excluding hydrogens is 341 g/mol. The zero-order chi connectivity index (χ0) is 18.6. The number of phenolic OH excluding ortho intramolecular Hbond substituents is 1. The molecule has 0 saturated heterocycles. The normalized spacial score (nSPS) is 11.0. The molecule has 0 aliphatic rings. The Morgan fingerprint density at radius 3 is 2.64 bits per heavy atom. The minimum absolute atomic E-state index is 0.118. The number of rotatable bonds is 6. The number of carbonyl (C=O) groups excluding carboxylic acids is 1. The van der Waals surface area contributed by atoms with Crippen LogP contribution in [0.3, 0.4) is 0 Å². The Bertz CT molecular complexity index is 787. The summed E-state index contributed by atoms with van der Waals surface area (Å²) in [5.74, 6) is -0.323. The van der Waals surface area contributed by atoms with E-state index in [0.717, 1.165) is 16.9 Å². The molecule has 1 heterocycles. The monoisotopic (exact) mass is 356 g/mol. The fraction of sp³-hybridized carbons (Fsp3) is 0.200. The molecule has 1 aromatic heterocycles. The molecule has 7 nitrogen and oxygen atoms in total. The smallest absolute Gasteiger partial charge is 0.435 e. The van der Waals surface area contributed by atoms with Crippen LogP contribution in [0.5, 0.6) is 11.5 Å². The molecule has 0 radical (unpaired) electrons. The van der Waals surface area contributed by atoms with Gasteiger partial charge in [-0.3, -0.25) is 20.3 Å². The number of nitrogens with zero attached hydrogens (tertiary/aromatic N) is 2. The quantitative estimate of drug-likeness (QED) is 0.688. The lowest BCUT2D eigenvalue weighted by Crippen LogP contribution is -2.38. The summed E-state index contributed by atoms with van der Waals surface area (Å²) in [5.41, 5.74) is 4.16. The molecule has 0 fully saturated rings. The Morgan fingerprint density at radius 2 is 2.08 bits per heavy atom. The maximum Gasteiger partial charge on any atom is 0.435 e. The summed E-state index contributed by atoms with van der Waals surface area (Å²) in [6, 6.07) is 5.26. The lowest BCUT2D eigenvalue weighted by atomic mass is 10.1. The van der Waals surface area contributed by atoms with Crippen molar-refractivity contribution in [1.82, 2.24) is 20.6 Å². The molecule has 10 heteroatoms. The number of amides is 1. The van der Waals surface area contributed by atoms with Gasteiger partial charge in [0.25, 0.3) is 5.91 Å². The molecule has 2 rings (SSSR count). The number of ether oxygens (including phenoxy) is 1. The van der Waals surface area contributed by atoms with Gasteiger partial charge >= 0.3 is 6.18 Å². The largest absolute Gasteiger partial charge is 0.507 e. The third-order valence-corrected chi connectivity index (χ3v) is 3.12. The number of halogens is 3. The second kappa shape index (κ2) is 7.16. The summed E-state index contributed by atoms with van der Waals surface area (Å²) in [7, 11) is 1.45. The molecule has 0 saturated carbocycles. The van der Waals surface area contributed by atoms with Crippen LogP contribution in [-0.2, 0) is 17.5 Å². The van der Waals surface area contributed by atoms with Crippen molar-refractivity contribution >= 4 is 11.6 Å². The van der Waals surface area contributed by atoms with E-state index >= 15 is 0 Å². The standard InChI is InChI=1S/C15H15F3N4O3/c1-9(11-4-3-10(25-2)7-12(11)23)19-20-14(24)8-22-6-5-13(21-22)15(16,17)18/h3-7,19,23H,1,8H2,2H3,(H,20,24). The predicted molar refractivity (Wildman–Crippen MR) is 82.2 cm³/mol. The fourth-order valence-corrected chi connectivity index (χ4v) is 1.89. The van der Waals surface area contributed by atoms with E-state index < -0.39 is 24.3 Å². The van der Waals surface area contributed by atoms with Crippen molar-refractivity contribution in [3.63, 3.8) is 0 Å². The van der Waals surface area contributed by atoms with Gasteiger partial charge in [-0.05, 0) is 18.2 Å².